The van der Waals surface area contributed by atoms with Crippen LogP contribution in [0.1, 0.15) is 11.1 Å². The van der Waals surface area contributed by atoms with E-state index in [0.717, 1.165) is 22.4 Å². The van der Waals surface area contributed by atoms with Crippen molar-refractivity contribution in [3.05, 3.63) is 53.6 Å². The van der Waals surface area contributed by atoms with Crippen LogP contribution >= 0.6 is 0 Å². The Morgan fingerprint density at radius 1 is 1.00 bits per heavy atom. The number of hydrogen-bond acceptors (Lipinski definition) is 4. The summed E-state index contributed by atoms with van der Waals surface area (Å²) in [6.07, 6.45) is 0. The molecule has 0 fully saturated rings. The highest BCUT2D eigenvalue weighted by Gasteiger charge is 2.12. The molecule has 0 atom stereocenters. The van der Waals surface area contributed by atoms with Gasteiger partial charge in [0.05, 0.1) is 7.11 Å². The molecule has 0 spiro atoms. The zero-order chi connectivity index (χ0) is 14.8. The molecule has 0 aliphatic carbocycles. The van der Waals surface area contributed by atoms with Gasteiger partial charge in [0, 0.05) is 11.1 Å². The molecule has 0 radical (unpaired) electrons. The van der Waals surface area contributed by atoms with Gasteiger partial charge in [-0.1, -0.05) is 22.9 Å². The van der Waals surface area contributed by atoms with Crippen molar-refractivity contribution in [3.8, 4) is 28.6 Å². The second kappa shape index (κ2) is 5.40. The second-order valence-electron chi connectivity index (χ2n) is 4.97. The largest absolute Gasteiger partial charge is 0.497 e. The molecule has 0 N–H and O–H groups in total. The lowest BCUT2D eigenvalue weighted by Crippen LogP contribution is -1.86. The normalized spacial score (nSPS) is 10.6. The minimum atomic E-state index is 0.540. The fourth-order valence-corrected chi connectivity index (χ4v) is 2.24. The van der Waals surface area contributed by atoms with Gasteiger partial charge in [0.2, 0.25) is 5.82 Å². The van der Waals surface area contributed by atoms with Gasteiger partial charge in [-0.2, -0.15) is 4.98 Å². The molecule has 0 bridgehead atoms. The van der Waals surface area contributed by atoms with Crippen LogP contribution in [0.3, 0.4) is 0 Å². The summed E-state index contributed by atoms with van der Waals surface area (Å²) in [6.45, 7) is 4.10. The summed E-state index contributed by atoms with van der Waals surface area (Å²) in [7, 11) is 1.64. The van der Waals surface area contributed by atoms with Crippen LogP contribution in [-0.2, 0) is 0 Å². The van der Waals surface area contributed by atoms with Crippen LogP contribution in [0.15, 0.2) is 47.0 Å². The van der Waals surface area contributed by atoms with E-state index in [1.807, 2.05) is 43.3 Å². The Morgan fingerprint density at radius 3 is 2.43 bits per heavy atom. The van der Waals surface area contributed by atoms with E-state index in [4.69, 9.17) is 9.26 Å². The van der Waals surface area contributed by atoms with Gasteiger partial charge < -0.3 is 9.26 Å². The predicted molar refractivity (Wildman–Crippen MR) is 81.2 cm³/mol. The molecule has 0 saturated heterocycles. The number of aryl methyl sites for hydroxylation is 2. The highest BCUT2D eigenvalue weighted by atomic mass is 16.5. The maximum Gasteiger partial charge on any atom is 0.258 e. The number of aromatic nitrogens is 2. The van der Waals surface area contributed by atoms with Crippen LogP contribution in [0.2, 0.25) is 0 Å². The molecule has 0 amide bonds. The first-order valence-corrected chi connectivity index (χ1v) is 6.73. The maximum absolute atomic E-state index is 5.39. The average Bonchev–Trinajstić information content (AvgIpc) is 2.97. The first-order valence-electron chi connectivity index (χ1n) is 6.73. The van der Waals surface area contributed by atoms with Crippen molar-refractivity contribution in [2.24, 2.45) is 0 Å². The second-order valence-corrected chi connectivity index (χ2v) is 4.97. The van der Waals surface area contributed by atoms with Crippen LogP contribution in [0.5, 0.6) is 5.75 Å². The number of rotatable bonds is 3. The Kier molecular flexibility index (Phi) is 3.44. The first-order chi connectivity index (χ1) is 10.2. The standard InChI is InChI=1S/C17H16N2O2/c1-11-4-9-15(12(2)10-11)17-18-16(19-21-17)13-5-7-14(20-3)8-6-13/h4-10H,1-3H3. The van der Waals surface area contributed by atoms with Gasteiger partial charge in [0.25, 0.3) is 5.89 Å². The summed E-state index contributed by atoms with van der Waals surface area (Å²) < 4.78 is 10.5. The van der Waals surface area contributed by atoms with Crippen LogP contribution in [0.25, 0.3) is 22.8 Å². The zero-order valence-corrected chi connectivity index (χ0v) is 12.3. The monoisotopic (exact) mass is 280 g/mol. The van der Waals surface area contributed by atoms with Crippen molar-refractivity contribution in [1.29, 1.82) is 0 Å². The minimum Gasteiger partial charge on any atom is -0.497 e. The van der Waals surface area contributed by atoms with Gasteiger partial charge >= 0.3 is 0 Å². The molecule has 1 aromatic heterocycles. The van der Waals surface area contributed by atoms with Crippen LogP contribution in [0.4, 0.5) is 0 Å². The van der Waals surface area contributed by atoms with Crippen LogP contribution < -0.4 is 4.74 Å². The van der Waals surface area contributed by atoms with E-state index in [1.54, 1.807) is 7.11 Å². The highest BCUT2D eigenvalue weighted by molar-refractivity contribution is 5.63. The summed E-state index contributed by atoms with van der Waals surface area (Å²) in [6, 6.07) is 13.7. The third-order valence-corrected chi connectivity index (χ3v) is 3.39. The van der Waals surface area contributed by atoms with Crippen LogP contribution in [0, 0.1) is 13.8 Å². The molecule has 3 aromatic rings. The van der Waals surface area contributed by atoms with E-state index in [0.29, 0.717) is 11.7 Å². The van der Waals surface area contributed by atoms with Crippen molar-refractivity contribution in [1.82, 2.24) is 10.1 Å². The Balaban J connectivity index is 1.95. The van der Waals surface area contributed by atoms with E-state index < -0.39 is 0 Å². The van der Waals surface area contributed by atoms with Gasteiger partial charge in [-0.3, -0.25) is 0 Å². The number of hydrogen-bond donors (Lipinski definition) is 0. The minimum absolute atomic E-state index is 0.540. The number of benzene rings is 2. The van der Waals surface area contributed by atoms with E-state index in [-0.39, 0.29) is 0 Å². The molecule has 106 valence electrons. The number of nitrogens with zero attached hydrogens (tertiary/aromatic N) is 2. The highest BCUT2D eigenvalue weighted by Crippen LogP contribution is 2.26. The van der Waals surface area contributed by atoms with E-state index in [9.17, 15) is 0 Å². The van der Waals surface area contributed by atoms with E-state index in [2.05, 4.69) is 23.1 Å². The maximum atomic E-state index is 5.39. The molecular formula is C17H16N2O2. The molecule has 21 heavy (non-hydrogen) atoms. The number of ether oxygens (including phenoxy) is 1. The summed E-state index contributed by atoms with van der Waals surface area (Å²) in [5.41, 5.74) is 4.20. The van der Waals surface area contributed by atoms with Crippen molar-refractivity contribution >= 4 is 0 Å². The van der Waals surface area contributed by atoms with Crippen molar-refractivity contribution in [3.63, 3.8) is 0 Å². The van der Waals surface area contributed by atoms with E-state index >= 15 is 0 Å². The zero-order valence-electron chi connectivity index (χ0n) is 12.3. The lowest BCUT2D eigenvalue weighted by atomic mass is 10.1. The molecule has 3 rings (SSSR count). The van der Waals surface area contributed by atoms with Crippen molar-refractivity contribution in [2.75, 3.05) is 7.11 Å². The quantitative estimate of drug-likeness (QED) is 0.726. The predicted octanol–water partition coefficient (Wildman–Crippen LogP) is 4.03. The Labute approximate surface area is 123 Å². The summed E-state index contributed by atoms with van der Waals surface area (Å²) in [4.78, 5) is 4.48. The lowest BCUT2D eigenvalue weighted by molar-refractivity contribution is 0.415. The van der Waals surface area contributed by atoms with Gasteiger partial charge in [-0.15, -0.1) is 0 Å². The molecule has 4 nitrogen and oxygen atoms in total. The molecule has 0 saturated carbocycles. The average molecular weight is 280 g/mol. The Bertz CT molecular complexity index is 761. The van der Waals surface area contributed by atoms with Gasteiger partial charge in [-0.25, -0.2) is 0 Å². The van der Waals surface area contributed by atoms with Gasteiger partial charge in [-0.05, 0) is 49.7 Å². The molecule has 0 unspecified atom stereocenters. The SMILES string of the molecule is COc1ccc(-c2noc(-c3ccc(C)cc3C)n2)cc1. The third kappa shape index (κ3) is 2.65. The Morgan fingerprint density at radius 2 is 1.76 bits per heavy atom. The molecule has 4 heteroatoms. The van der Waals surface area contributed by atoms with Gasteiger partial charge in [0.15, 0.2) is 0 Å². The fourth-order valence-electron chi connectivity index (χ4n) is 2.24. The summed E-state index contributed by atoms with van der Waals surface area (Å²) >= 11 is 0. The van der Waals surface area contributed by atoms with Gasteiger partial charge in [0.1, 0.15) is 5.75 Å². The first kappa shape index (κ1) is 13.4. The molecule has 0 aliphatic rings. The summed E-state index contributed by atoms with van der Waals surface area (Å²) in [5.74, 6) is 1.92. The number of methoxy groups -OCH3 is 1. The molecule has 0 aliphatic heterocycles. The Hall–Kier alpha value is -2.62. The fraction of sp³-hybridized carbons (Fsp3) is 0.176. The molecule has 2 aromatic carbocycles. The van der Waals surface area contributed by atoms with E-state index in [1.165, 1.54) is 5.56 Å². The lowest BCUT2D eigenvalue weighted by Gasteiger charge is -2.01. The third-order valence-electron chi connectivity index (χ3n) is 3.39. The van der Waals surface area contributed by atoms with Crippen molar-refractivity contribution in [2.45, 2.75) is 13.8 Å². The summed E-state index contributed by atoms with van der Waals surface area (Å²) in [5, 5.41) is 4.05. The molecule has 1 heterocycles. The molecular weight excluding hydrogens is 264 g/mol. The van der Waals surface area contributed by atoms with Crippen molar-refractivity contribution < 1.29 is 9.26 Å². The van der Waals surface area contributed by atoms with Crippen LogP contribution in [-0.4, -0.2) is 17.3 Å². The smallest absolute Gasteiger partial charge is 0.258 e. The topological polar surface area (TPSA) is 48.2 Å².